The molecular weight excluding hydrogens is 98.9 g/mol. The van der Waals surface area contributed by atoms with Gasteiger partial charge in [0, 0.05) is 0 Å². The van der Waals surface area contributed by atoms with Crippen LogP contribution in [0.3, 0.4) is 0 Å². The van der Waals surface area contributed by atoms with Gasteiger partial charge < -0.3 is 0 Å². The van der Waals surface area contributed by atoms with Gasteiger partial charge in [-0.1, -0.05) is 0 Å². The molecule has 6 heavy (non-hydrogen) atoms. The first kappa shape index (κ1) is 4.49. The fourth-order valence-electron chi connectivity index (χ4n) is 0.274. The normalized spacial score (nSPS) is 27.2. The van der Waals surface area contributed by atoms with Crippen LogP contribution in [-0.2, 0) is 19.1 Å². The van der Waals surface area contributed by atoms with Gasteiger partial charge in [0.2, 0.25) is 0 Å². The average Bonchev–Trinajstić information content (AvgIpc) is 1.33. The predicted molar refractivity (Wildman–Crippen MR) is 24.8 cm³/mol. The third-order valence-corrected chi connectivity index (χ3v) is 1.38. The second-order valence-corrected chi connectivity index (χ2v) is 1.93. The van der Waals surface area contributed by atoms with Crippen LogP contribution < -0.4 is 0 Å². The molecule has 1 aliphatic heterocycles. The molecule has 4 heteroatoms. The van der Waals surface area contributed by atoms with Gasteiger partial charge in [0.15, 0.2) is 0 Å². The van der Waals surface area contributed by atoms with E-state index in [0.29, 0.717) is 0 Å². The molecule has 1 aliphatic rings. The van der Waals surface area contributed by atoms with Gasteiger partial charge in [0.05, 0.1) is 0 Å². The van der Waals surface area contributed by atoms with Crippen molar-refractivity contribution in [2.24, 2.45) is 0 Å². The van der Waals surface area contributed by atoms with E-state index in [0.717, 1.165) is 0 Å². The Kier molecular flexibility index (Phi) is 1.08. The molecule has 0 aromatic rings. The van der Waals surface area contributed by atoms with Crippen molar-refractivity contribution in [3.8, 4) is 0 Å². The predicted octanol–water partition coefficient (Wildman–Crippen LogP) is -0.0890. The Morgan fingerprint density at radius 1 is 1.67 bits per heavy atom. The summed E-state index contributed by atoms with van der Waals surface area (Å²) in [5.41, 5.74) is 0. The Hall–Kier alpha value is 0.335. The average molecular weight is 103 g/mol. The molecule has 34 valence electrons. The molecule has 0 saturated carbocycles. The quantitative estimate of drug-likeness (QED) is 0.315. The molecule has 0 spiro atoms. The van der Waals surface area contributed by atoms with E-state index in [1.54, 1.807) is 6.92 Å². The van der Waals surface area contributed by atoms with Crippen LogP contribution in [0.15, 0.2) is 0 Å². The molecular formula is C2H4BO2S-. The van der Waals surface area contributed by atoms with Gasteiger partial charge in [0.1, 0.15) is 0 Å². The van der Waals surface area contributed by atoms with E-state index in [1.807, 2.05) is 0 Å². The van der Waals surface area contributed by atoms with E-state index >= 15 is 0 Å². The van der Waals surface area contributed by atoms with Crippen LogP contribution in [0, 0.1) is 0 Å². The zero-order chi connectivity index (χ0) is 4.57. The molecule has 0 bridgehead atoms. The third-order valence-electron chi connectivity index (χ3n) is 0.461. The second-order valence-electron chi connectivity index (χ2n) is 1.02. The SMILES string of the molecule is B#[S-]1OC(C)O1. The Labute approximate surface area is 39.7 Å². The molecule has 0 aliphatic carbocycles. The topological polar surface area (TPSA) is 18.5 Å². The van der Waals surface area contributed by atoms with Gasteiger partial charge in [0.25, 0.3) is 0 Å². The van der Waals surface area contributed by atoms with Crippen molar-refractivity contribution < 1.29 is 8.37 Å². The standard InChI is InChI=1S/C2H4BO2S/c1-2-4-6(3)5-2/h2H,1H3/q-1. The second kappa shape index (κ2) is 1.44. The summed E-state index contributed by atoms with van der Waals surface area (Å²) in [5, 5.41) is 0. The number of hydrogen-bond donors (Lipinski definition) is 0. The monoisotopic (exact) mass is 103 g/mol. The first-order valence-electron chi connectivity index (χ1n) is 1.62. The van der Waals surface area contributed by atoms with Gasteiger partial charge in [-0.2, -0.15) is 0 Å². The van der Waals surface area contributed by atoms with E-state index in [1.165, 1.54) is 0 Å². The van der Waals surface area contributed by atoms with E-state index in [9.17, 15) is 0 Å². The summed E-state index contributed by atoms with van der Waals surface area (Å²) in [6.45, 7) is 6.85. The van der Waals surface area contributed by atoms with Crippen molar-refractivity contribution in [1.29, 1.82) is 0 Å². The summed E-state index contributed by atoms with van der Waals surface area (Å²) >= 11 is 0. The van der Waals surface area contributed by atoms with Crippen molar-refractivity contribution in [3.63, 3.8) is 0 Å². The summed E-state index contributed by atoms with van der Waals surface area (Å²) in [6.07, 6.45) is -0.0710. The van der Waals surface area contributed by atoms with E-state index in [4.69, 9.17) is 14.9 Å². The van der Waals surface area contributed by atoms with Crippen molar-refractivity contribution in [3.05, 3.63) is 0 Å². The number of hydrogen-bond acceptors (Lipinski definition) is 3. The zero-order valence-electron chi connectivity index (χ0n) is 3.38. The van der Waals surface area contributed by atoms with Gasteiger partial charge in [-0.15, -0.1) is 0 Å². The van der Waals surface area contributed by atoms with E-state index in [2.05, 4.69) is 0 Å². The molecule has 1 fully saturated rings. The Balaban J connectivity index is 2.34. The molecule has 2 nitrogen and oxygen atoms in total. The zero-order valence-corrected chi connectivity index (χ0v) is 4.20. The van der Waals surface area contributed by atoms with Crippen LogP contribution in [0.5, 0.6) is 0 Å². The molecule has 1 rings (SSSR count). The van der Waals surface area contributed by atoms with Crippen LogP contribution in [0.4, 0.5) is 0 Å². The Bertz CT molecular complexity index is 104. The van der Waals surface area contributed by atoms with Gasteiger partial charge in [-0.05, 0) is 0 Å². The maximum absolute atomic E-state index is 5.05. The number of rotatable bonds is 0. The van der Waals surface area contributed by atoms with E-state index < -0.39 is 10.7 Å². The molecule has 0 N–H and O–H groups in total. The van der Waals surface area contributed by atoms with Crippen LogP contribution in [0.25, 0.3) is 0 Å². The van der Waals surface area contributed by atoms with Crippen LogP contribution in [-0.4, -0.2) is 12.8 Å². The molecule has 0 radical (unpaired) electrons. The van der Waals surface area contributed by atoms with Crippen molar-refractivity contribution in [2.45, 2.75) is 13.2 Å². The summed E-state index contributed by atoms with van der Waals surface area (Å²) in [7, 11) is -0.672. The molecule has 0 unspecified atom stereocenters. The molecule has 0 aromatic heterocycles. The van der Waals surface area contributed by atoms with Gasteiger partial charge in [-0.25, -0.2) is 0 Å². The van der Waals surface area contributed by atoms with E-state index in [-0.39, 0.29) is 6.29 Å². The Morgan fingerprint density at radius 2 is 2.17 bits per heavy atom. The fraction of sp³-hybridized carbons (Fsp3) is 1.00. The summed E-state index contributed by atoms with van der Waals surface area (Å²) < 4.78 is 9.44. The van der Waals surface area contributed by atoms with Gasteiger partial charge >= 0.3 is 38.8 Å². The summed E-state index contributed by atoms with van der Waals surface area (Å²) in [5.74, 6) is 0. The minimum atomic E-state index is -0.672. The van der Waals surface area contributed by atoms with Crippen molar-refractivity contribution in [2.75, 3.05) is 0 Å². The summed E-state index contributed by atoms with van der Waals surface area (Å²) in [4.78, 5) is 0. The minimum absolute atomic E-state index is 0.0710. The molecule has 1 saturated heterocycles. The summed E-state index contributed by atoms with van der Waals surface area (Å²) in [6, 6.07) is 0. The molecule has 1 heterocycles. The molecule has 0 amide bonds. The third kappa shape index (κ3) is 0.694. The Morgan fingerprint density at radius 3 is 2.17 bits per heavy atom. The van der Waals surface area contributed by atoms with Crippen LogP contribution in [0.1, 0.15) is 6.92 Å². The van der Waals surface area contributed by atoms with Crippen LogP contribution in [0.2, 0.25) is 0 Å². The van der Waals surface area contributed by atoms with Crippen molar-refractivity contribution in [1.82, 2.24) is 0 Å². The first-order valence-corrected chi connectivity index (χ1v) is 2.76. The fourth-order valence-corrected chi connectivity index (χ4v) is 0.823. The first-order chi connectivity index (χ1) is 2.79. The van der Waals surface area contributed by atoms with Crippen LogP contribution >= 0.6 is 0 Å². The molecule has 0 atom stereocenters. The maximum atomic E-state index is 5.05. The van der Waals surface area contributed by atoms with Gasteiger partial charge in [-0.3, -0.25) is 0 Å². The van der Waals surface area contributed by atoms with Crippen molar-refractivity contribution >= 4 is 17.2 Å². The molecule has 0 aromatic carbocycles.